The average molecular weight is 388 g/mol. The molecule has 1 saturated carbocycles. The molecule has 2 N–H and O–H groups in total. The van der Waals surface area contributed by atoms with Gasteiger partial charge in [0, 0.05) is 6.20 Å². The topological polar surface area (TPSA) is 75.2 Å². The molecule has 1 aromatic heterocycles. The zero-order chi connectivity index (χ0) is 20.0. The maximum atomic E-state index is 13.7. The van der Waals surface area contributed by atoms with Crippen molar-refractivity contribution in [1.82, 2.24) is 10.2 Å². The monoisotopic (exact) mass is 388 g/mol. The second kappa shape index (κ2) is 6.74. The molecule has 1 aliphatic carbocycles. The molecule has 1 aliphatic rings. The van der Waals surface area contributed by atoms with Crippen molar-refractivity contribution in [2.75, 3.05) is 0 Å². The number of aromatic nitrogens is 2. The number of carboxylic acid groups (broad SMARTS) is 1. The molecule has 5 rings (SSSR count). The molecule has 6 heteroatoms. The summed E-state index contributed by atoms with van der Waals surface area (Å²) in [5.41, 5.74) is 1.90. The van der Waals surface area contributed by atoms with Gasteiger partial charge in [-0.25, -0.2) is 4.79 Å². The number of aromatic carboxylic acids is 1. The number of fused-ring (bicyclic) bond motifs is 1. The molecule has 0 radical (unpaired) electrons. The van der Waals surface area contributed by atoms with Gasteiger partial charge in [-0.3, -0.25) is 5.10 Å². The minimum absolute atomic E-state index is 0.0464. The molecule has 3 aromatic carbocycles. The maximum absolute atomic E-state index is 13.7. The van der Waals surface area contributed by atoms with Gasteiger partial charge < -0.3 is 9.84 Å². The number of carboxylic acids is 1. The van der Waals surface area contributed by atoms with Crippen molar-refractivity contribution in [1.29, 1.82) is 0 Å². The number of ether oxygens (including phenoxy) is 1. The van der Waals surface area contributed by atoms with E-state index in [1.165, 1.54) is 36.7 Å². The van der Waals surface area contributed by atoms with E-state index in [-0.39, 0.29) is 16.9 Å². The molecule has 0 spiro atoms. The van der Waals surface area contributed by atoms with Gasteiger partial charge >= 0.3 is 5.97 Å². The lowest BCUT2D eigenvalue weighted by atomic mass is 10.0. The molecule has 1 fully saturated rings. The number of halogens is 1. The van der Waals surface area contributed by atoms with Gasteiger partial charge in [-0.05, 0) is 64.9 Å². The van der Waals surface area contributed by atoms with E-state index in [0.717, 1.165) is 10.8 Å². The van der Waals surface area contributed by atoms with Crippen molar-refractivity contribution < 1.29 is 19.0 Å². The van der Waals surface area contributed by atoms with Crippen LogP contribution < -0.4 is 4.74 Å². The summed E-state index contributed by atoms with van der Waals surface area (Å²) >= 11 is 0. The van der Waals surface area contributed by atoms with E-state index in [4.69, 9.17) is 4.74 Å². The second-order valence-corrected chi connectivity index (χ2v) is 7.25. The Kier molecular flexibility index (Phi) is 4.05. The number of nitrogens with zero attached hydrogens (tertiary/aromatic N) is 1. The smallest absolute Gasteiger partial charge is 0.339 e. The Bertz CT molecular complexity index is 1240. The van der Waals surface area contributed by atoms with Crippen LogP contribution in [0.5, 0.6) is 11.5 Å². The zero-order valence-corrected chi connectivity index (χ0v) is 15.4. The van der Waals surface area contributed by atoms with Crippen LogP contribution in [0, 0.1) is 5.95 Å². The largest absolute Gasteiger partial charge is 0.478 e. The molecule has 29 heavy (non-hydrogen) atoms. The molecule has 4 aromatic rings. The van der Waals surface area contributed by atoms with Crippen molar-refractivity contribution >= 4 is 16.7 Å². The van der Waals surface area contributed by atoms with Gasteiger partial charge in [-0.1, -0.05) is 30.3 Å². The van der Waals surface area contributed by atoms with E-state index >= 15 is 0 Å². The van der Waals surface area contributed by atoms with Crippen LogP contribution in [0.15, 0.2) is 60.8 Å². The van der Waals surface area contributed by atoms with Crippen molar-refractivity contribution in [3.8, 4) is 22.6 Å². The third kappa shape index (κ3) is 3.33. The Hall–Kier alpha value is -3.67. The van der Waals surface area contributed by atoms with Crippen molar-refractivity contribution in [2.24, 2.45) is 0 Å². The molecule has 0 atom stereocenters. The highest BCUT2D eigenvalue weighted by molar-refractivity contribution is 5.93. The van der Waals surface area contributed by atoms with E-state index in [1.807, 2.05) is 18.2 Å². The SMILES string of the molecule is O=C(O)c1cc(-c2c[nH]nc2F)ccc1Oc1ccc2ccc(C3CC3)cc2c1. The van der Waals surface area contributed by atoms with E-state index in [9.17, 15) is 14.3 Å². The average Bonchev–Trinajstić information content (AvgIpc) is 3.49. The van der Waals surface area contributed by atoms with Crippen LogP contribution in [-0.2, 0) is 0 Å². The third-order valence-electron chi connectivity index (χ3n) is 5.23. The lowest BCUT2D eigenvalue weighted by molar-refractivity contribution is 0.0694. The molecule has 0 amide bonds. The Morgan fingerprint density at radius 1 is 1.07 bits per heavy atom. The first-order valence-electron chi connectivity index (χ1n) is 9.37. The minimum Gasteiger partial charge on any atom is -0.478 e. The number of nitrogens with one attached hydrogen (secondary N) is 1. The molecule has 0 unspecified atom stereocenters. The second-order valence-electron chi connectivity index (χ2n) is 7.25. The predicted molar refractivity (Wildman–Crippen MR) is 107 cm³/mol. The number of H-pyrrole nitrogens is 1. The van der Waals surface area contributed by atoms with Crippen LogP contribution in [0.1, 0.15) is 34.7 Å². The van der Waals surface area contributed by atoms with Gasteiger partial charge in [-0.2, -0.15) is 4.39 Å². The van der Waals surface area contributed by atoms with Crippen molar-refractivity contribution in [3.05, 3.63) is 77.9 Å². The lowest BCUT2D eigenvalue weighted by Crippen LogP contribution is -2.01. The molecule has 1 heterocycles. The van der Waals surface area contributed by atoms with Crippen molar-refractivity contribution in [2.45, 2.75) is 18.8 Å². The molecular formula is C23H17FN2O3. The Morgan fingerprint density at radius 2 is 1.90 bits per heavy atom. The van der Waals surface area contributed by atoms with Crippen LogP contribution in [0.3, 0.4) is 0 Å². The van der Waals surface area contributed by atoms with Crippen LogP contribution >= 0.6 is 0 Å². The Morgan fingerprint density at radius 3 is 2.62 bits per heavy atom. The van der Waals surface area contributed by atoms with Crippen molar-refractivity contribution in [3.63, 3.8) is 0 Å². The van der Waals surface area contributed by atoms with E-state index < -0.39 is 11.9 Å². The van der Waals surface area contributed by atoms with Crippen LogP contribution in [0.25, 0.3) is 21.9 Å². The van der Waals surface area contributed by atoms with Crippen LogP contribution in [0.2, 0.25) is 0 Å². The standard InChI is InChI=1S/C23H17FN2O3/c24-22-20(12-25-26-22)16-6-8-21(19(11-16)23(27)28)29-18-7-5-14-3-4-15(13-1-2-13)9-17(14)10-18/h3-13H,1-2H2,(H,25,26)(H,27,28). The van der Waals surface area contributed by atoms with Crippen LogP contribution in [-0.4, -0.2) is 21.3 Å². The summed E-state index contributed by atoms with van der Waals surface area (Å²) in [6, 6.07) is 16.7. The van der Waals surface area contributed by atoms with Gasteiger partial charge in [0.25, 0.3) is 0 Å². The third-order valence-corrected chi connectivity index (χ3v) is 5.23. The molecular weight excluding hydrogens is 371 g/mol. The van der Waals surface area contributed by atoms with Gasteiger partial charge in [0.15, 0.2) is 0 Å². The van der Waals surface area contributed by atoms with Gasteiger partial charge in [0.05, 0.1) is 5.56 Å². The first-order valence-corrected chi connectivity index (χ1v) is 9.37. The van der Waals surface area contributed by atoms with Gasteiger partial charge in [0.1, 0.15) is 17.1 Å². The van der Waals surface area contributed by atoms with Crippen LogP contribution in [0.4, 0.5) is 4.39 Å². The Balaban J connectivity index is 1.50. The van der Waals surface area contributed by atoms with E-state index in [2.05, 4.69) is 28.4 Å². The van der Waals surface area contributed by atoms with E-state index in [1.54, 1.807) is 6.07 Å². The number of hydrogen-bond acceptors (Lipinski definition) is 3. The molecule has 5 nitrogen and oxygen atoms in total. The quantitative estimate of drug-likeness (QED) is 0.457. The fourth-order valence-electron chi connectivity index (χ4n) is 3.53. The fourth-order valence-corrected chi connectivity index (χ4v) is 3.53. The highest BCUT2D eigenvalue weighted by atomic mass is 19.1. The summed E-state index contributed by atoms with van der Waals surface area (Å²) in [6.45, 7) is 0. The number of carbonyl (C=O) groups is 1. The molecule has 144 valence electrons. The minimum atomic E-state index is -1.15. The first kappa shape index (κ1) is 17.4. The summed E-state index contributed by atoms with van der Waals surface area (Å²) in [7, 11) is 0. The Labute approximate surface area is 165 Å². The fraction of sp³-hybridized carbons (Fsp3) is 0.130. The first-order chi connectivity index (χ1) is 14.1. The molecule has 0 aliphatic heterocycles. The summed E-state index contributed by atoms with van der Waals surface area (Å²) < 4.78 is 19.6. The number of rotatable bonds is 5. The zero-order valence-electron chi connectivity index (χ0n) is 15.4. The number of benzene rings is 3. The van der Waals surface area contributed by atoms with Gasteiger partial charge in [-0.15, -0.1) is 5.10 Å². The number of aromatic amines is 1. The van der Waals surface area contributed by atoms with Gasteiger partial charge in [0.2, 0.25) is 5.95 Å². The molecule has 0 bridgehead atoms. The predicted octanol–water partition coefficient (Wildman–Crippen LogP) is 5.74. The maximum Gasteiger partial charge on any atom is 0.339 e. The van der Waals surface area contributed by atoms with E-state index in [0.29, 0.717) is 17.2 Å². The number of hydrogen-bond donors (Lipinski definition) is 2. The highest BCUT2D eigenvalue weighted by Gasteiger charge is 2.23. The highest BCUT2D eigenvalue weighted by Crippen LogP contribution is 2.41. The molecule has 0 saturated heterocycles. The summed E-state index contributed by atoms with van der Waals surface area (Å²) in [5, 5.41) is 17.6. The summed E-state index contributed by atoms with van der Waals surface area (Å²) in [4.78, 5) is 11.8. The summed E-state index contributed by atoms with van der Waals surface area (Å²) in [6.07, 6.45) is 3.85. The summed E-state index contributed by atoms with van der Waals surface area (Å²) in [5.74, 6) is -0.435. The lowest BCUT2D eigenvalue weighted by Gasteiger charge is -2.11. The normalized spacial score (nSPS) is 13.6.